The highest BCUT2D eigenvalue weighted by Gasteiger charge is 2.18. The second-order valence-electron chi connectivity index (χ2n) is 5.73. The summed E-state index contributed by atoms with van der Waals surface area (Å²) in [5, 5.41) is 12.3. The van der Waals surface area contributed by atoms with E-state index < -0.39 is 12.0 Å². The Labute approximate surface area is 132 Å². The number of hydrogen-bond acceptors (Lipinski definition) is 4. The van der Waals surface area contributed by atoms with Crippen LogP contribution in [0.25, 0.3) is 0 Å². The third kappa shape index (κ3) is 5.93. The van der Waals surface area contributed by atoms with Crippen LogP contribution in [-0.4, -0.2) is 30.8 Å². The van der Waals surface area contributed by atoms with Crippen LogP contribution >= 0.6 is 0 Å². The molecule has 22 heavy (non-hydrogen) atoms. The SMILES string of the molecule is CCCOc1cc(CN[C@@H](CC(C)C)C(=O)O)ccc1OC. The van der Waals surface area contributed by atoms with Gasteiger partial charge in [-0.2, -0.15) is 0 Å². The highest BCUT2D eigenvalue weighted by Crippen LogP contribution is 2.28. The minimum absolute atomic E-state index is 0.327. The van der Waals surface area contributed by atoms with Gasteiger partial charge in [-0.15, -0.1) is 0 Å². The highest BCUT2D eigenvalue weighted by molar-refractivity contribution is 5.73. The molecular weight excluding hydrogens is 282 g/mol. The van der Waals surface area contributed by atoms with Crippen molar-refractivity contribution in [3.8, 4) is 11.5 Å². The van der Waals surface area contributed by atoms with Crippen molar-refractivity contribution >= 4 is 5.97 Å². The Balaban J connectivity index is 2.73. The fraction of sp³-hybridized carbons (Fsp3) is 0.588. The fourth-order valence-corrected chi connectivity index (χ4v) is 2.14. The monoisotopic (exact) mass is 309 g/mol. The average Bonchev–Trinajstić information content (AvgIpc) is 2.48. The summed E-state index contributed by atoms with van der Waals surface area (Å²) in [4.78, 5) is 11.3. The molecule has 1 aromatic rings. The molecule has 0 aliphatic heterocycles. The molecule has 0 aliphatic carbocycles. The van der Waals surface area contributed by atoms with Gasteiger partial charge in [0, 0.05) is 6.54 Å². The van der Waals surface area contributed by atoms with Crippen molar-refractivity contribution in [1.29, 1.82) is 0 Å². The molecule has 0 heterocycles. The number of benzene rings is 1. The Morgan fingerprint density at radius 3 is 2.59 bits per heavy atom. The van der Waals surface area contributed by atoms with Gasteiger partial charge in [-0.05, 0) is 36.5 Å². The summed E-state index contributed by atoms with van der Waals surface area (Å²) in [5.41, 5.74) is 0.974. The minimum atomic E-state index is -0.815. The minimum Gasteiger partial charge on any atom is -0.493 e. The van der Waals surface area contributed by atoms with Gasteiger partial charge in [0.1, 0.15) is 6.04 Å². The first-order chi connectivity index (χ1) is 10.5. The molecule has 1 aromatic carbocycles. The molecule has 0 fully saturated rings. The molecule has 0 unspecified atom stereocenters. The van der Waals surface area contributed by atoms with E-state index in [0.717, 1.165) is 12.0 Å². The normalized spacial score (nSPS) is 12.2. The predicted octanol–water partition coefficient (Wildman–Crippen LogP) is 3.07. The molecule has 0 aromatic heterocycles. The van der Waals surface area contributed by atoms with Crippen LogP contribution in [0.5, 0.6) is 11.5 Å². The Hall–Kier alpha value is -1.75. The van der Waals surface area contributed by atoms with Crippen molar-refractivity contribution in [2.45, 2.75) is 46.2 Å². The molecule has 124 valence electrons. The molecular formula is C17H27NO4. The second-order valence-corrected chi connectivity index (χ2v) is 5.73. The van der Waals surface area contributed by atoms with E-state index >= 15 is 0 Å². The van der Waals surface area contributed by atoms with E-state index in [2.05, 4.69) is 5.32 Å². The van der Waals surface area contributed by atoms with E-state index in [1.54, 1.807) is 7.11 Å². The quantitative estimate of drug-likeness (QED) is 0.695. The Bertz CT molecular complexity index is 474. The molecule has 2 N–H and O–H groups in total. The van der Waals surface area contributed by atoms with E-state index in [-0.39, 0.29) is 0 Å². The molecule has 0 amide bonds. The first-order valence-electron chi connectivity index (χ1n) is 7.73. The molecule has 0 aliphatic rings. The third-order valence-corrected chi connectivity index (χ3v) is 3.25. The van der Waals surface area contributed by atoms with Gasteiger partial charge in [0.05, 0.1) is 13.7 Å². The average molecular weight is 309 g/mol. The number of carboxylic acid groups (broad SMARTS) is 1. The number of carboxylic acids is 1. The molecule has 5 heteroatoms. The Morgan fingerprint density at radius 1 is 1.32 bits per heavy atom. The number of nitrogens with one attached hydrogen (secondary N) is 1. The Kier molecular flexibility index (Phi) is 7.74. The summed E-state index contributed by atoms with van der Waals surface area (Å²) in [5.74, 6) is 0.895. The predicted molar refractivity (Wildman–Crippen MR) is 86.5 cm³/mol. The van der Waals surface area contributed by atoms with Crippen LogP contribution in [0.3, 0.4) is 0 Å². The van der Waals surface area contributed by atoms with Crippen molar-refractivity contribution in [2.24, 2.45) is 5.92 Å². The fourth-order valence-electron chi connectivity index (χ4n) is 2.14. The smallest absolute Gasteiger partial charge is 0.320 e. The lowest BCUT2D eigenvalue weighted by molar-refractivity contribution is -0.140. The van der Waals surface area contributed by atoms with Crippen LogP contribution < -0.4 is 14.8 Å². The molecule has 5 nitrogen and oxygen atoms in total. The molecule has 0 saturated heterocycles. The van der Waals surface area contributed by atoms with Crippen LogP contribution in [0.1, 0.15) is 39.2 Å². The maximum Gasteiger partial charge on any atom is 0.320 e. The zero-order valence-corrected chi connectivity index (χ0v) is 13.9. The molecule has 1 atom stereocenters. The lowest BCUT2D eigenvalue weighted by Gasteiger charge is -2.17. The summed E-state index contributed by atoms with van der Waals surface area (Å²) < 4.78 is 10.9. The summed E-state index contributed by atoms with van der Waals surface area (Å²) in [6, 6.07) is 5.12. The third-order valence-electron chi connectivity index (χ3n) is 3.25. The van der Waals surface area contributed by atoms with Crippen LogP contribution in [-0.2, 0) is 11.3 Å². The first kappa shape index (κ1) is 18.3. The maximum atomic E-state index is 11.3. The number of ether oxygens (including phenoxy) is 2. The summed E-state index contributed by atoms with van der Waals surface area (Å²) in [7, 11) is 1.61. The number of methoxy groups -OCH3 is 1. The standard InChI is InChI=1S/C17H27NO4/c1-5-8-22-16-10-13(6-7-15(16)21-4)11-18-14(17(19)20)9-12(2)3/h6-7,10,12,14,18H,5,8-9,11H2,1-4H3,(H,19,20)/t14-/m0/s1. The molecule has 0 radical (unpaired) electrons. The van der Waals surface area contributed by atoms with E-state index in [4.69, 9.17) is 9.47 Å². The number of hydrogen-bond donors (Lipinski definition) is 2. The first-order valence-corrected chi connectivity index (χ1v) is 7.73. The number of aliphatic carboxylic acids is 1. The van der Waals surface area contributed by atoms with Gasteiger partial charge in [0.25, 0.3) is 0 Å². The van der Waals surface area contributed by atoms with Gasteiger partial charge < -0.3 is 19.9 Å². The zero-order valence-electron chi connectivity index (χ0n) is 13.9. The van der Waals surface area contributed by atoms with Crippen LogP contribution in [0, 0.1) is 5.92 Å². The van der Waals surface area contributed by atoms with E-state index in [1.807, 2.05) is 39.0 Å². The second kappa shape index (κ2) is 9.30. The summed E-state index contributed by atoms with van der Waals surface area (Å²) in [6.45, 7) is 7.18. The number of rotatable bonds is 10. The topological polar surface area (TPSA) is 67.8 Å². The summed E-state index contributed by atoms with van der Waals surface area (Å²) in [6.07, 6.45) is 1.52. The van der Waals surface area contributed by atoms with Crippen molar-refractivity contribution < 1.29 is 19.4 Å². The van der Waals surface area contributed by atoms with Gasteiger partial charge in [-0.25, -0.2) is 0 Å². The lowest BCUT2D eigenvalue weighted by Crippen LogP contribution is -2.37. The van der Waals surface area contributed by atoms with Crippen LogP contribution in [0.2, 0.25) is 0 Å². The largest absolute Gasteiger partial charge is 0.493 e. The van der Waals surface area contributed by atoms with Crippen LogP contribution in [0.4, 0.5) is 0 Å². The van der Waals surface area contributed by atoms with Crippen molar-refractivity contribution in [1.82, 2.24) is 5.32 Å². The van der Waals surface area contributed by atoms with Gasteiger partial charge in [0.15, 0.2) is 11.5 Å². The molecule has 0 spiro atoms. The van der Waals surface area contributed by atoms with Crippen LogP contribution in [0.15, 0.2) is 18.2 Å². The van der Waals surface area contributed by atoms with E-state index in [0.29, 0.717) is 37.0 Å². The van der Waals surface area contributed by atoms with E-state index in [1.165, 1.54) is 0 Å². The van der Waals surface area contributed by atoms with Crippen molar-refractivity contribution in [2.75, 3.05) is 13.7 Å². The Morgan fingerprint density at radius 2 is 2.05 bits per heavy atom. The van der Waals surface area contributed by atoms with E-state index in [9.17, 15) is 9.90 Å². The maximum absolute atomic E-state index is 11.3. The zero-order chi connectivity index (χ0) is 16.5. The molecule has 0 saturated carbocycles. The number of carbonyl (C=O) groups is 1. The van der Waals surface area contributed by atoms with Gasteiger partial charge in [-0.3, -0.25) is 4.79 Å². The molecule has 0 bridgehead atoms. The van der Waals surface area contributed by atoms with Gasteiger partial charge >= 0.3 is 5.97 Å². The van der Waals surface area contributed by atoms with Crippen molar-refractivity contribution in [3.63, 3.8) is 0 Å². The van der Waals surface area contributed by atoms with Gasteiger partial charge in [0.2, 0.25) is 0 Å². The summed E-state index contributed by atoms with van der Waals surface area (Å²) >= 11 is 0. The lowest BCUT2D eigenvalue weighted by atomic mass is 10.0. The van der Waals surface area contributed by atoms with Gasteiger partial charge in [-0.1, -0.05) is 26.8 Å². The highest BCUT2D eigenvalue weighted by atomic mass is 16.5. The molecule has 1 rings (SSSR count). The van der Waals surface area contributed by atoms with Crippen molar-refractivity contribution in [3.05, 3.63) is 23.8 Å².